The Hall–Kier alpha value is -2.10. The molecule has 0 saturated carbocycles. The second kappa shape index (κ2) is 7.48. The van der Waals surface area contributed by atoms with Crippen LogP contribution in [0.2, 0.25) is 0 Å². The van der Waals surface area contributed by atoms with Gasteiger partial charge in [0.2, 0.25) is 5.91 Å². The van der Waals surface area contributed by atoms with Crippen LogP contribution in [0.15, 0.2) is 47.3 Å². The Bertz CT molecular complexity index is 509. The SMILES string of the molecule is CCC(C(=O)NCCCc1cnoc1)c1ccccc1. The lowest BCUT2D eigenvalue weighted by Gasteiger charge is -2.15. The van der Waals surface area contributed by atoms with Crippen LogP contribution >= 0.6 is 0 Å². The second-order valence-electron chi connectivity index (χ2n) is 4.80. The van der Waals surface area contributed by atoms with E-state index < -0.39 is 0 Å². The molecular weight excluding hydrogens is 252 g/mol. The molecule has 4 nitrogen and oxygen atoms in total. The molecule has 1 unspecified atom stereocenters. The molecular formula is C16H20N2O2. The Balaban J connectivity index is 1.78. The normalized spacial score (nSPS) is 12.1. The summed E-state index contributed by atoms with van der Waals surface area (Å²) in [5.41, 5.74) is 2.14. The van der Waals surface area contributed by atoms with Crippen LogP contribution < -0.4 is 5.32 Å². The van der Waals surface area contributed by atoms with E-state index in [1.54, 1.807) is 12.5 Å². The Morgan fingerprint density at radius 1 is 1.35 bits per heavy atom. The van der Waals surface area contributed by atoms with E-state index >= 15 is 0 Å². The third-order valence-electron chi connectivity index (χ3n) is 3.35. The first-order valence-electron chi connectivity index (χ1n) is 7.02. The van der Waals surface area contributed by atoms with Crippen LogP contribution in [0.3, 0.4) is 0 Å². The summed E-state index contributed by atoms with van der Waals surface area (Å²) >= 11 is 0. The van der Waals surface area contributed by atoms with Gasteiger partial charge >= 0.3 is 0 Å². The smallest absolute Gasteiger partial charge is 0.227 e. The van der Waals surface area contributed by atoms with Crippen LogP contribution in [0.4, 0.5) is 0 Å². The van der Waals surface area contributed by atoms with Gasteiger partial charge < -0.3 is 9.84 Å². The highest BCUT2D eigenvalue weighted by molar-refractivity contribution is 5.83. The number of nitrogens with zero attached hydrogens (tertiary/aromatic N) is 1. The van der Waals surface area contributed by atoms with Crippen LogP contribution in [0.5, 0.6) is 0 Å². The fourth-order valence-electron chi connectivity index (χ4n) is 2.24. The van der Waals surface area contributed by atoms with Crippen molar-refractivity contribution >= 4 is 5.91 Å². The second-order valence-corrected chi connectivity index (χ2v) is 4.80. The van der Waals surface area contributed by atoms with Crippen molar-refractivity contribution in [3.05, 3.63) is 53.9 Å². The minimum absolute atomic E-state index is 0.0632. The largest absolute Gasteiger partial charge is 0.364 e. The van der Waals surface area contributed by atoms with Crippen molar-refractivity contribution in [1.29, 1.82) is 0 Å². The predicted molar refractivity (Wildman–Crippen MR) is 77.3 cm³/mol. The average Bonchev–Trinajstić information content (AvgIpc) is 2.99. The van der Waals surface area contributed by atoms with Gasteiger partial charge in [0.25, 0.3) is 0 Å². The van der Waals surface area contributed by atoms with Gasteiger partial charge in [0, 0.05) is 12.1 Å². The molecule has 0 spiro atoms. The molecule has 106 valence electrons. The third kappa shape index (κ3) is 3.95. The van der Waals surface area contributed by atoms with Crippen LogP contribution in [0.1, 0.15) is 36.8 Å². The number of benzene rings is 1. The molecule has 0 aliphatic carbocycles. The van der Waals surface area contributed by atoms with Gasteiger partial charge in [-0.3, -0.25) is 4.79 Å². The van der Waals surface area contributed by atoms with E-state index in [0.29, 0.717) is 6.54 Å². The third-order valence-corrected chi connectivity index (χ3v) is 3.35. The fraction of sp³-hybridized carbons (Fsp3) is 0.375. The van der Waals surface area contributed by atoms with Gasteiger partial charge in [0.1, 0.15) is 6.26 Å². The number of carbonyl (C=O) groups is 1. The summed E-state index contributed by atoms with van der Waals surface area (Å²) in [4.78, 5) is 12.2. The van der Waals surface area contributed by atoms with Crippen LogP contribution in [-0.2, 0) is 11.2 Å². The summed E-state index contributed by atoms with van der Waals surface area (Å²) in [6, 6.07) is 9.91. The molecule has 1 amide bonds. The Morgan fingerprint density at radius 2 is 2.15 bits per heavy atom. The minimum Gasteiger partial charge on any atom is -0.364 e. The van der Waals surface area contributed by atoms with Gasteiger partial charge in [0.05, 0.1) is 12.1 Å². The first kappa shape index (κ1) is 14.3. The molecule has 1 aromatic carbocycles. The maximum atomic E-state index is 12.2. The summed E-state index contributed by atoms with van der Waals surface area (Å²) in [6.45, 7) is 2.71. The number of nitrogens with one attached hydrogen (secondary N) is 1. The van der Waals surface area contributed by atoms with Crippen molar-refractivity contribution in [2.45, 2.75) is 32.1 Å². The molecule has 4 heteroatoms. The maximum Gasteiger partial charge on any atom is 0.227 e. The first-order valence-corrected chi connectivity index (χ1v) is 7.02. The molecule has 0 aliphatic rings. The number of hydrogen-bond acceptors (Lipinski definition) is 3. The van der Waals surface area contributed by atoms with Gasteiger partial charge in [-0.05, 0) is 24.8 Å². The molecule has 0 aliphatic heterocycles. The summed E-state index contributed by atoms with van der Waals surface area (Å²) in [5.74, 6) is 0.0378. The Kier molecular flexibility index (Phi) is 5.35. The summed E-state index contributed by atoms with van der Waals surface area (Å²) in [6.07, 6.45) is 5.91. The molecule has 2 rings (SSSR count). The van der Waals surface area contributed by atoms with Gasteiger partial charge in [-0.25, -0.2) is 0 Å². The molecule has 0 bridgehead atoms. The number of carbonyl (C=O) groups excluding carboxylic acids is 1. The van der Waals surface area contributed by atoms with Gasteiger partial charge in [-0.2, -0.15) is 0 Å². The zero-order chi connectivity index (χ0) is 14.2. The topological polar surface area (TPSA) is 55.1 Å². The summed E-state index contributed by atoms with van der Waals surface area (Å²) < 4.78 is 4.77. The molecule has 20 heavy (non-hydrogen) atoms. The van der Waals surface area contributed by atoms with Crippen LogP contribution in [-0.4, -0.2) is 17.6 Å². The average molecular weight is 272 g/mol. The van der Waals surface area contributed by atoms with E-state index in [9.17, 15) is 4.79 Å². The highest BCUT2D eigenvalue weighted by Crippen LogP contribution is 2.19. The van der Waals surface area contributed by atoms with E-state index in [2.05, 4.69) is 10.5 Å². The van der Waals surface area contributed by atoms with Crippen molar-refractivity contribution in [2.24, 2.45) is 0 Å². The molecule has 1 atom stereocenters. The Labute approximate surface area is 119 Å². The molecule has 1 aromatic heterocycles. The van der Waals surface area contributed by atoms with E-state index in [0.717, 1.165) is 30.4 Å². The monoisotopic (exact) mass is 272 g/mol. The van der Waals surface area contributed by atoms with Crippen LogP contribution in [0.25, 0.3) is 0 Å². The quantitative estimate of drug-likeness (QED) is 0.788. The number of aromatic nitrogens is 1. The standard InChI is InChI=1S/C16H20N2O2/c1-2-15(14-8-4-3-5-9-14)16(19)17-10-6-7-13-11-18-20-12-13/h3-5,8-9,11-12,15H,2,6-7,10H2,1H3,(H,17,19). The highest BCUT2D eigenvalue weighted by Gasteiger charge is 2.17. The van der Waals surface area contributed by atoms with E-state index in [1.165, 1.54) is 0 Å². The zero-order valence-electron chi connectivity index (χ0n) is 11.7. The van der Waals surface area contributed by atoms with Gasteiger partial charge in [-0.1, -0.05) is 42.4 Å². The van der Waals surface area contributed by atoms with Gasteiger partial charge in [0.15, 0.2) is 0 Å². The maximum absolute atomic E-state index is 12.2. The number of hydrogen-bond donors (Lipinski definition) is 1. The van der Waals surface area contributed by atoms with Gasteiger partial charge in [-0.15, -0.1) is 0 Å². The summed E-state index contributed by atoms with van der Waals surface area (Å²) in [7, 11) is 0. The van der Waals surface area contributed by atoms with Crippen molar-refractivity contribution in [1.82, 2.24) is 10.5 Å². The number of rotatable bonds is 7. The predicted octanol–water partition coefficient (Wildman–Crippen LogP) is 2.92. The molecule has 1 heterocycles. The van der Waals surface area contributed by atoms with Crippen molar-refractivity contribution in [3.63, 3.8) is 0 Å². The van der Waals surface area contributed by atoms with Crippen molar-refractivity contribution in [3.8, 4) is 0 Å². The highest BCUT2D eigenvalue weighted by atomic mass is 16.5. The lowest BCUT2D eigenvalue weighted by molar-refractivity contribution is -0.122. The molecule has 1 N–H and O–H groups in total. The molecule has 0 saturated heterocycles. The first-order chi connectivity index (χ1) is 9.81. The number of aryl methyl sites for hydroxylation is 1. The van der Waals surface area contributed by atoms with Crippen LogP contribution in [0, 0.1) is 0 Å². The fourth-order valence-corrected chi connectivity index (χ4v) is 2.24. The molecule has 0 radical (unpaired) electrons. The minimum atomic E-state index is -0.0632. The summed E-state index contributed by atoms with van der Waals surface area (Å²) in [5, 5.41) is 6.66. The van der Waals surface area contributed by atoms with E-state index in [4.69, 9.17) is 4.52 Å². The van der Waals surface area contributed by atoms with E-state index in [1.807, 2.05) is 37.3 Å². The Morgan fingerprint density at radius 3 is 2.80 bits per heavy atom. The number of amides is 1. The van der Waals surface area contributed by atoms with Crippen molar-refractivity contribution in [2.75, 3.05) is 6.54 Å². The molecule has 0 fully saturated rings. The lowest BCUT2D eigenvalue weighted by atomic mass is 9.95. The molecule has 2 aromatic rings. The van der Waals surface area contributed by atoms with Crippen molar-refractivity contribution < 1.29 is 9.32 Å². The van der Waals surface area contributed by atoms with E-state index in [-0.39, 0.29) is 11.8 Å². The lowest BCUT2D eigenvalue weighted by Crippen LogP contribution is -2.30. The zero-order valence-corrected chi connectivity index (χ0v) is 11.7.